The summed E-state index contributed by atoms with van der Waals surface area (Å²) in [5.41, 5.74) is 6.25. The molecule has 1 saturated heterocycles. The molecule has 25 heavy (non-hydrogen) atoms. The van der Waals surface area contributed by atoms with E-state index in [2.05, 4.69) is 10.6 Å². The Morgan fingerprint density at radius 2 is 1.72 bits per heavy atom. The Morgan fingerprint density at radius 3 is 2.40 bits per heavy atom. The largest absolute Gasteiger partial charge is 0.343 e. The molecule has 6 heteroatoms. The maximum absolute atomic E-state index is 12.2. The lowest BCUT2D eigenvalue weighted by atomic mass is 10.0. The molecule has 0 unspecified atom stereocenters. The van der Waals surface area contributed by atoms with Gasteiger partial charge in [-0.3, -0.25) is 4.79 Å². The van der Waals surface area contributed by atoms with Gasteiger partial charge in [0.25, 0.3) is 0 Å². The summed E-state index contributed by atoms with van der Waals surface area (Å²) in [7, 11) is 0. The molecule has 4 N–H and O–H groups in total. The number of benzene rings is 1. The van der Waals surface area contributed by atoms with Gasteiger partial charge in [0.2, 0.25) is 5.91 Å². The zero-order chi connectivity index (χ0) is 17.9. The van der Waals surface area contributed by atoms with Gasteiger partial charge in [-0.05, 0) is 44.4 Å². The molecule has 0 spiro atoms. The molecule has 1 aliphatic rings. The fourth-order valence-corrected chi connectivity index (χ4v) is 3.08. The molecule has 1 aromatic rings. The van der Waals surface area contributed by atoms with Crippen molar-refractivity contribution >= 4 is 17.6 Å². The zero-order valence-electron chi connectivity index (χ0n) is 14.9. The Hall–Kier alpha value is -2.08. The van der Waals surface area contributed by atoms with Crippen LogP contribution in [0.4, 0.5) is 10.5 Å². The standard InChI is InChI=1S/C19H30N4O2/c20-13-7-2-1-6-10-18(24)23-14-11-17(12-15-23)22-19(25)21-16-8-4-3-5-9-16/h3-5,8-9,17H,1-2,6-7,10-15,20H2,(H2,21,22,25). The van der Waals surface area contributed by atoms with E-state index in [1.807, 2.05) is 35.2 Å². The maximum atomic E-state index is 12.2. The van der Waals surface area contributed by atoms with Crippen LogP contribution in [-0.2, 0) is 4.79 Å². The number of unbranched alkanes of at least 4 members (excludes halogenated alkanes) is 3. The van der Waals surface area contributed by atoms with Gasteiger partial charge in [-0.25, -0.2) is 4.79 Å². The summed E-state index contributed by atoms with van der Waals surface area (Å²) in [6.07, 6.45) is 6.39. The van der Waals surface area contributed by atoms with Gasteiger partial charge in [-0.1, -0.05) is 31.0 Å². The maximum Gasteiger partial charge on any atom is 0.319 e. The molecular weight excluding hydrogens is 316 g/mol. The SMILES string of the molecule is NCCCCCCC(=O)N1CCC(NC(=O)Nc2ccccc2)CC1. The summed E-state index contributed by atoms with van der Waals surface area (Å²) in [6, 6.07) is 9.33. The van der Waals surface area contributed by atoms with Crippen molar-refractivity contribution in [2.75, 3.05) is 25.0 Å². The van der Waals surface area contributed by atoms with Crippen molar-refractivity contribution in [1.82, 2.24) is 10.2 Å². The Morgan fingerprint density at radius 1 is 1.04 bits per heavy atom. The quantitative estimate of drug-likeness (QED) is 0.633. The van der Waals surface area contributed by atoms with Gasteiger partial charge in [0.1, 0.15) is 0 Å². The summed E-state index contributed by atoms with van der Waals surface area (Å²) >= 11 is 0. The molecule has 1 aromatic carbocycles. The fraction of sp³-hybridized carbons (Fsp3) is 0.579. The van der Waals surface area contributed by atoms with Crippen LogP contribution >= 0.6 is 0 Å². The molecule has 2 rings (SSSR count). The van der Waals surface area contributed by atoms with Crippen molar-refractivity contribution in [3.8, 4) is 0 Å². The molecule has 0 bridgehead atoms. The molecule has 1 aliphatic heterocycles. The molecule has 1 heterocycles. The second-order valence-electron chi connectivity index (χ2n) is 6.57. The number of para-hydroxylation sites is 1. The van der Waals surface area contributed by atoms with Crippen LogP contribution in [0.2, 0.25) is 0 Å². The minimum Gasteiger partial charge on any atom is -0.343 e. The molecule has 0 radical (unpaired) electrons. The van der Waals surface area contributed by atoms with E-state index in [1.54, 1.807) is 0 Å². The predicted molar refractivity (Wildman–Crippen MR) is 100 cm³/mol. The summed E-state index contributed by atoms with van der Waals surface area (Å²) in [5, 5.41) is 5.82. The lowest BCUT2D eigenvalue weighted by Crippen LogP contribution is -2.47. The first-order chi connectivity index (χ1) is 12.2. The highest BCUT2D eigenvalue weighted by molar-refractivity contribution is 5.89. The van der Waals surface area contributed by atoms with Crippen LogP contribution in [0.25, 0.3) is 0 Å². The molecular formula is C19H30N4O2. The normalized spacial score (nSPS) is 15.0. The molecule has 0 aromatic heterocycles. The number of carbonyl (C=O) groups is 2. The Kier molecular flexibility index (Phi) is 8.25. The number of anilines is 1. The van der Waals surface area contributed by atoms with Gasteiger partial charge < -0.3 is 21.3 Å². The first-order valence-corrected chi connectivity index (χ1v) is 9.29. The van der Waals surface area contributed by atoms with E-state index in [1.165, 1.54) is 0 Å². The second kappa shape index (κ2) is 10.7. The number of amides is 3. The third-order valence-corrected chi connectivity index (χ3v) is 4.56. The predicted octanol–water partition coefficient (Wildman–Crippen LogP) is 2.71. The summed E-state index contributed by atoms with van der Waals surface area (Å²) < 4.78 is 0. The van der Waals surface area contributed by atoms with Crippen LogP contribution in [0.5, 0.6) is 0 Å². The van der Waals surface area contributed by atoms with Crippen molar-refractivity contribution in [3.05, 3.63) is 30.3 Å². The lowest BCUT2D eigenvalue weighted by molar-refractivity contribution is -0.132. The highest BCUT2D eigenvalue weighted by atomic mass is 16.2. The van der Waals surface area contributed by atoms with Gasteiger partial charge in [-0.15, -0.1) is 0 Å². The van der Waals surface area contributed by atoms with Gasteiger partial charge in [-0.2, -0.15) is 0 Å². The molecule has 3 amide bonds. The van der Waals surface area contributed by atoms with Crippen LogP contribution < -0.4 is 16.4 Å². The number of urea groups is 1. The monoisotopic (exact) mass is 346 g/mol. The zero-order valence-corrected chi connectivity index (χ0v) is 14.9. The smallest absolute Gasteiger partial charge is 0.319 e. The van der Waals surface area contributed by atoms with Crippen LogP contribution in [0.15, 0.2) is 30.3 Å². The topological polar surface area (TPSA) is 87.5 Å². The van der Waals surface area contributed by atoms with Gasteiger partial charge >= 0.3 is 6.03 Å². The average molecular weight is 346 g/mol. The number of piperidine rings is 1. The lowest BCUT2D eigenvalue weighted by Gasteiger charge is -2.32. The molecule has 0 atom stereocenters. The van der Waals surface area contributed by atoms with Crippen molar-refractivity contribution in [2.45, 2.75) is 51.0 Å². The highest BCUT2D eigenvalue weighted by Crippen LogP contribution is 2.14. The van der Waals surface area contributed by atoms with Crippen LogP contribution in [-0.4, -0.2) is 42.5 Å². The van der Waals surface area contributed by atoms with Gasteiger partial charge in [0, 0.05) is 31.2 Å². The fourth-order valence-electron chi connectivity index (χ4n) is 3.08. The minimum atomic E-state index is -0.184. The minimum absolute atomic E-state index is 0.123. The van der Waals surface area contributed by atoms with E-state index in [0.717, 1.165) is 63.8 Å². The number of nitrogens with zero attached hydrogens (tertiary/aromatic N) is 1. The Balaban J connectivity index is 1.62. The number of nitrogens with two attached hydrogens (primary N) is 1. The van der Waals surface area contributed by atoms with E-state index in [-0.39, 0.29) is 18.0 Å². The first kappa shape index (κ1) is 19.2. The summed E-state index contributed by atoms with van der Waals surface area (Å²) in [5.74, 6) is 0.236. The van der Waals surface area contributed by atoms with E-state index in [4.69, 9.17) is 5.73 Å². The molecule has 1 fully saturated rings. The first-order valence-electron chi connectivity index (χ1n) is 9.29. The molecule has 138 valence electrons. The van der Waals surface area contributed by atoms with Crippen molar-refractivity contribution in [3.63, 3.8) is 0 Å². The van der Waals surface area contributed by atoms with Crippen LogP contribution in [0.1, 0.15) is 44.9 Å². The second-order valence-corrected chi connectivity index (χ2v) is 6.57. The van der Waals surface area contributed by atoms with Crippen LogP contribution in [0.3, 0.4) is 0 Å². The summed E-state index contributed by atoms with van der Waals surface area (Å²) in [4.78, 5) is 26.1. The number of hydrogen-bond donors (Lipinski definition) is 3. The van der Waals surface area contributed by atoms with E-state index < -0.39 is 0 Å². The van der Waals surface area contributed by atoms with Crippen LogP contribution in [0, 0.1) is 0 Å². The van der Waals surface area contributed by atoms with Crippen molar-refractivity contribution < 1.29 is 9.59 Å². The van der Waals surface area contributed by atoms with E-state index in [0.29, 0.717) is 6.42 Å². The van der Waals surface area contributed by atoms with Crippen molar-refractivity contribution in [2.24, 2.45) is 5.73 Å². The van der Waals surface area contributed by atoms with E-state index >= 15 is 0 Å². The van der Waals surface area contributed by atoms with Crippen molar-refractivity contribution in [1.29, 1.82) is 0 Å². The van der Waals surface area contributed by atoms with E-state index in [9.17, 15) is 9.59 Å². The highest BCUT2D eigenvalue weighted by Gasteiger charge is 2.23. The third-order valence-electron chi connectivity index (χ3n) is 4.56. The summed E-state index contributed by atoms with van der Waals surface area (Å²) in [6.45, 7) is 2.17. The number of carbonyl (C=O) groups excluding carboxylic acids is 2. The number of nitrogens with one attached hydrogen (secondary N) is 2. The number of hydrogen-bond acceptors (Lipinski definition) is 3. The molecule has 0 aliphatic carbocycles. The van der Waals surface area contributed by atoms with Gasteiger partial charge in [0.05, 0.1) is 0 Å². The average Bonchev–Trinajstić information content (AvgIpc) is 2.63. The third kappa shape index (κ3) is 7.13. The molecule has 6 nitrogen and oxygen atoms in total. The number of likely N-dealkylation sites (tertiary alicyclic amines) is 1. The Bertz CT molecular complexity index is 527. The van der Waals surface area contributed by atoms with Gasteiger partial charge in [0.15, 0.2) is 0 Å². The Labute approximate surface area is 150 Å². The number of rotatable bonds is 8. The molecule has 0 saturated carbocycles.